The average Bonchev–Trinajstić information content (AvgIpc) is 2.37. The van der Waals surface area contributed by atoms with Gasteiger partial charge in [0.05, 0.1) is 4.47 Å². The molecule has 3 heteroatoms. The number of hydrogen-bond donors (Lipinski definition) is 1. The molecule has 20 heavy (non-hydrogen) atoms. The van der Waals surface area contributed by atoms with E-state index >= 15 is 0 Å². The molecule has 2 N–H and O–H groups in total. The SMILES string of the molecule is Cc1cccc(COc2ccc(CC(C)N)cc2Br)c1. The highest BCUT2D eigenvalue weighted by atomic mass is 79.9. The third-order valence-electron chi connectivity index (χ3n) is 3.03. The second-order valence-electron chi connectivity index (χ2n) is 5.22. The summed E-state index contributed by atoms with van der Waals surface area (Å²) in [5.41, 5.74) is 9.46. The van der Waals surface area contributed by atoms with E-state index in [1.807, 2.05) is 13.0 Å². The van der Waals surface area contributed by atoms with Crippen molar-refractivity contribution in [3.63, 3.8) is 0 Å². The lowest BCUT2D eigenvalue weighted by Crippen LogP contribution is -2.17. The number of hydrogen-bond acceptors (Lipinski definition) is 2. The number of ether oxygens (including phenoxy) is 1. The van der Waals surface area contributed by atoms with Gasteiger partial charge < -0.3 is 10.5 Å². The fourth-order valence-corrected chi connectivity index (χ4v) is 2.66. The van der Waals surface area contributed by atoms with E-state index in [-0.39, 0.29) is 6.04 Å². The van der Waals surface area contributed by atoms with Gasteiger partial charge >= 0.3 is 0 Å². The molecule has 0 amide bonds. The van der Waals surface area contributed by atoms with E-state index in [0.717, 1.165) is 16.6 Å². The van der Waals surface area contributed by atoms with Gasteiger partial charge in [-0.1, -0.05) is 35.9 Å². The van der Waals surface area contributed by atoms with Gasteiger partial charge in [0.25, 0.3) is 0 Å². The fraction of sp³-hybridized carbons (Fsp3) is 0.294. The molecule has 0 spiro atoms. The Morgan fingerprint density at radius 2 is 1.95 bits per heavy atom. The number of halogens is 1. The molecule has 0 fully saturated rings. The monoisotopic (exact) mass is 333 g/mol. The smallest absolute Gasteiger partial charge is 0.134 e. The van der Waals surface area contributed by atoms with Crippen LogP contribution in [0.4, 0.5) is 0 Å². The number of aryl methyl sites for hydroxylation is 1. The van der Waals surface area contributed by atoms with Gasteiger partial charge in [0.15, 0.2) is 0 Å². The first kappa shape index (κ1) is 15.1. The molecular weight excluding hydrogens is 314 g/mol. The highest BCUT2D eigenvalue weighted by molar-refractivity contribution is 9.10. The molecular formula is C17H20BrNO. The zero-order valence-electron chi connectivity index (χ0n) is 11.9. The highest BCUT2D eigenvalue weighted by Gasteiger charge is 2.05. The first-order valence-corrected chi connectivity index (χ1v) is 7.56. The van der Waals surface area contributed by atoms with Crippen LogP contribution in [0.3, 0.4) is 0 Å². The van der Waals surface area contributed by atoms with Gasteiger partial charge in [0.1, 0.15) is 12.4 Å². The average molecular weight is 334 g/mol. The summed E-state index contributed by atoms with van der Waals surface area (Å²) in [6.45, 7) is 4.67. The van der Waals surface area contributed by atoms with E-state index in [9.17, 15) is 0 Å². The quantitative estimate of drug-likeness (QED) is 0.888. The number of rotatable bonds is 5. The van der Waals surface area contributed by atoms with Crippen molar-refractivity contribution in [3.8, 4) is 5.75 Å². The van der Waals surface area contributed by atoms with Crippen molar-refractivity contribution >= 4 is 15.9 Å². The molecule has 0 aliphatic carbocycles. The summed E-state index contributed by atoms with van der Waals surface area (Å²) >= 11 is 3.56. The van der Waals surface area contributed by atoms with Crippen LogP contribution in [0.5, 0.6) is 5.75 Å². The van der Waals surface area contributed by atoms with Gasteiger partial charge in [0.2, 0.25) is 0 Å². The van der Waals surface area contributed by atoms with Crippen LogP contribution in [0.15, 0.2) is 46.9 Å². The first-order chi connectivity index (χ1) is 9.54. The van der Waals surface area contributed by atoms with Crippen LogP contribution in [0.1, 0.15) is 23.6 Å². The van der Waals surface area contributed by atoms with Crippen molar-refractivity contribution in [1.29, 1.82) is 0 Å². The molecule has 2 aromatic rings. The van der Waals surface area contributed by atoms with E-state index in [4.69, 9.17) is 10.5 Å². The maximum atomic E-state index is 5.86. The minimum atomic E-state index is 0.168. The Bertz CT molecular complexity index is 581. The maximum Gasteiger partial charge on any atom is 0.134 e. The Hall–Kier alpha value is -1.32. The summed E-state index contributed by atoms with van der Waals surface area (Å²) in [6.07, 6.45) is 0.872. The Balaban J connectivity index is 2.03. The molecule has 0 aliphatic rings. The van der Waals surface area contributed by atoms with Crippen LogP contribution in [0.2, 0.25) is 0 Å². The molecule has 2 aromatic carbocycles. The Kier molecular flexibility index (Phi) is 5.21. The normalized spacial score (nSPS) is 12.2. The molecule has 106 valence electrons. The Labute approximate surface area is 129 Å². The summed E-state index contributed by atoms with van der Waals surface area (Å²) in [5.74, 6) is 0.861. The van der Waals surface area contributed by atoms with Crippen molar-refractivity contribution in [2.75, 3.05) is 0 Å². The van der Waals surface area contributed by atoms with Crippen LogP contribution in [0.25, 0.3) is 0 Å². The largest absolute Gasteiger partial charge is 0.488 e. The molecule has 2 rings (SSSR count). The molecule has 0 heterocycles. The highest BCUT2D eigenvalue weighted by Crippen LogP contribution is 2.27. The Morgan fingerprint density at radius 3 is 2.60 bits per heavy atom. The summed E-state index contributed by atoms with van der Waals surface area (Å²) in [7, 11) is 0. The van der Waals surface area contributed by atoms with Crippen molar-refractivity contribution in [3.05, 3.63) is 63.6 Å². The predicted molar refractivity (Wildman–Crippen MR) is 87.0 cm³/mol. The first-order valence-electron chi connectivity index (χ1n) is 6.77. The van der Waals surface area contributed by atoms with E-state index in [0.29, 0.717) is 6.61 Å². The molecule has 0 bridgehead atoms. The molecule has 0 radical (unpaired) electrons. The molecule has 0 saturated heterocycles. The zero-order valence-corrected chi connectivity index (χ0v) is 13.5. The van der Waals surface area contributed by atoms with Crippen LogP contribution >= 0.6 is 15.9 Å². The summed E-state index contributed by atoms with van der Waals surface area (Å²) in [6, 6.07) is 14.7. The van der Waals surface area contributed by atoms with Gasteiger partial charge in [-0.15, -0.1) is 0 Å². The van der Waals surface area contributed by atoms with E-state index in [1.165, 1.54) is 16.7 Å². The standard InChI is InChI=1S/C17H20BrNO/c1-12-4-3-5-15(8-12)11-20-17-7-6-14(9-13(2)19)10-16(17)18/h3-8,10,13H,9,11,19H2,1-2H3. The van der Waals surface area contributed by atoms with Gasteiger partial charge in [-0.3, -0.25) is 0 Å². The number of nitrogens with two attached hydrogens (primary N) is 1. The van der Waals surface area contributed by atoms with Gasteiger partial charge in [-0.25, -0.2) is 0 Å². The van der Waals surface area contributed by atoms with Crippen LogP contribution in [0, 0.1) is 6.92 Å². The summed E-state index contributed by atoms with van der Waals surface area (Å²) in [4.78, 5) is 0. The van der Waals surface area contributed by atoms with E-state index in [2.05, 4.69) is 59.3 Å². The molecule has 0 aliphatic heterocycles. The summed E-state index contributed by atoms with van der Waals surface area (Å²) < 4.78 is 6.83. The molecule has 2 nitrogen and oxygen atoms in total. The Morgan fingerprint density at radius 1 is 1.15 bits per heavy atom. The molecule has 1 atom stereocenters. The van der Waals surface area contributed by atoms with Gasteiger partial charge in [-0.2, -0.15) is 0 Å². The second-order valence-corrected chi connectivity index (χ2v) is 6.08. The lowest BCUT2D eigenvalue weighted by Gasteiger charge is -2.11. The molecule has 0 aromatic heterocycles. The van der Waals surface area contributed by atoms with E-state index < -0.39 is 0 Å². The van der Waals surface area contributed by atoms with E-state index in [1.54, 1.807) is 0 Å². The predicted octanol–water partition coefficient (Wildman–Crippen LogP) is 4.23. The molecule has 1 unspecified atom stereocenters. The van der Waals surface area contributed by atoms with Gasteiger partial charge in [0, 0.05) is 6.04 Å². The van der Waals surface area contributed by atoms with Crippen molar-refractivity contribution in [2.45, 2.75) is 32.9 Å². The minimum Gasteiger partial charge on any atom is -0.488 e. The maximum absolute atomic E-state index is 5.86. The van der Waals surface area contributed by atoms with Crippen LogP contribution in [-0.2, 0) is 13.0 Å². The van der Waals surface area contributed by atoms with Crippen LogP contribution < -0.4 is 10.5 Å². The third-order valence-corrected chi connectivity index (χ3v) is 3.65. The number of benzene rings is 2. The van der Waals surface area contributed by atoms with Crippen molar-refractivity contribution in [1.82, 2.24) is 0 Å². The topological polar surface area (TPSA) is 35.2 Å². The third kappa shape index (κ3) is 4.36. The molecule has 0 saturated carbocycles. The second kappa shape index (κ2) is 6.91. The minimum absolute atomic E-state index is 0.168. The lowest BCUT2D eigenvalue weighted by atomic mass is 10.1. The van der Waals surface area contributed by atoms with Crippen molar-refractivity contribution in [2.24, 2.45) is 5.73 Å². The zero-order chi connectivity index (χ0) is 14.5. The fourth-order valence-electron chi connectivity index (χ4n) is 2.12. The van der Waals surface area contributed by atoms with Crippen molar-refractivity contribution < 1.29 is 4.74 Å². The summed E-state index contributed by atoms with van der Waals surface area (Å²) in [5, 5.41) is 0. The lowest BCUT2D eigenvalue weighted by molar-refractivity contribution is 0.304. The van der Waals surface area contributed by atoms with Gasteiger partial charge in [-0.05, 0) is 59.5 Å². The van der Waals surface area contributed by atoms with Crippen LogP contribution in [-0.4, -0.2) is 6.04 Å².